The van der Waals surface area contributed by atoms with Gasteiger partial charge in [-0.05, 0) is 54.2 Å². The first-order chi connectivity index (χ1) is 12.9. The van der Waals surface area contributed by atoms with E-state index in [2.05, 4.69) is 26.0 Å². The number of aliphatic hydroxyl groups excluding tert-OH is 1. The monoisotopic (exact) mass is 389 g/mol. The third-order valence-electron chi connectivity index (χ3n) is 4.89. The number of piperidine rings is 1. The van der Waals surface area contributed by atoms with Gasteiger partial charge >= 0.3 is 0 Å². The van der Waals surface area contributed by atoms with E-state index >= 15 is 0 Å². The van der Waals surface area contributed by atoms with Crippen LogP contribution >= 0.6 is 0 Å². The fraction of sp³-hybridized carbons (Fsp3) is 0.429. The third-order valence-corrected chi connectivity index (χ3v) is 6.77. The molecule has 27 heavy (non-hydrogen) atoms. The second-order valence-corrected chi connectivity index (χ2v) is 9.21. The summed E-state index contributed by atoms with van der Waals surface area (Å²) in [5, 5.41) is 9.75. The van der Waals surface area contributed by atoms with Crippen LogP contribution in [0.5, 0.6) is 5.75 Å². The summed E-state index contributed by atoms with van der Waals surface area (Å²) in [7, 11) is -3.58. The first kappa shape index (κ1) is 19.9. The van der Waals surface area contributed by atoms with Crippen molar-refractivity contribution < 1.29 is 18.3 Å². The maximum Gasteiger partial charge on any atom is 0.243 e. The van der Waals surface area contributed by atoms with Gasteiger partial charge in [-0.3, -0.25) is 0 Å². The van der Waals surface area contributed by atoms with Gasteiger partial charge in [0.15, 0.2) is 0 Å². The molecule has 1 aliphatic heterocycles. The summed E-state index contributed by atoms with van der Waals surface area (Å²) in [4.78, 5) is 0.228. The van der Waals surface area contributed by atoms with Crippen LogP contribution in [-0.2, 0) is 16.6 Å². The van der Waals surface area contributed by atoms with Crippen molar-refractivity contribution in [3.8, 4) is 5.75 Å². The van der Waals surface area contributed by atoms with E-state index in [0.717, 1.165) is 5.56 Å². The van der Waals surface area contributed by atoms with E-state index in [1.54, 1.807) is 24.3 Å². The molecule has 146 valence electrons. The second-order valence-electron chi connectivity index (χ2n) is 7.27. The molecule has 1 aliphatic rings. The van der Waals surface area contributed by atoms with Crippen LogP contribution in [0.4, 0.5) is 0 Å². The number of nitrogens with zero attached hydrogens (tertiary/aromatic N) is 1. The van der Waals surface area contributed by atoms with Gasteiger partial charge in [-0.15, -0.1) is 0 Å². The Labute approximate surface area is 161 Å². The van der Waals surface area contributed by atoms with Crippen molar-refractivity contribution in [3.05, 3.63) is 59.7 Å². The van der Waals surface area contributed by atoms with Gasteiger partial charge in [0.05, 0.1) is 11.0 Å². The van der Waals surface area contributed by atoms with Crippen molar-refractivity contribution in [1.82, 2.24) is 4.31 Å². The van der Waals surface area contributed by atoms with E-state index in [9.17, 15) is 13.5 Å². The van der Waals surface area contributed by atoms with Crippen molar-refractivity contribution in [2.24, 2.45) is 0 Å². The fourth-order valence-electron chi connectivity index (χ4n) is 3.39. The van der Waals surface area contributed by atoms with Crippen LogP contribution in [0.15, 0.2) is 53.4 Å². The topological polar surface area (TPSA) is 66.8 Å². The Morgan fingerprint density at radius 3 is 2.52 bits per heavy atom. The van der Waals surface area contributed by atoms with Crippen LogP contribution in [0.1, 0.15) is 43.7 Å². The maximum atomic E-state index is 12.7. The Bertz CT molecular complexity index is 862. The van der Waals surface area contributed by atoms with Crippen molar-refractivity contribution in [1.29, 1.82) is 0 Å². The molecule has 0 aromatic heterocycles. The molecule has 2 aromatic carbocycles. The Kier molecular flexibility index (Phi) is 6.19. The number of hydrogen-bond donors (Lipinski definition) is 1. The molecular formula is C21H27NO4S. The molecule has 3 rings (SSSR count). The molecule has 5 nitrogen and oxygen atoms in total. The van der Waals surface area contributed by atoms with Crippen LogP contribution in [0.2, 0.25) is 0 Å². The predicted octanol–water partition coefficient (Wildman–Crippen LogP) is 3.53. The minimum absolute atomic E-state index is 0.159. The summed E-state index contributed by atoms with van der Waals surface area (Å²) in [6.07, 6.45) is 0.741. The molecule has 0 saturated carbocycles. The fourth-order valence-corrected chi connectivity index (χ4v) is 4.90. The lowest BCUT2D eigenvalue weighted by Crippen LogP contribution is -2.42. The van der Waals surface area contributed by atoms with Gasteiger partial charge in [0.2, 0.25) is 10.0 Å². The largest absolute Gasteiger partial charge is 0.489 e. The van der Waals surface area contributed by atoms with Crippen molar-refractivity contribution in [2.45, 2.75) is 50.2 Å². The SMILES string of the molecule is CC(C)c1ccccc1COc1ccc(S(=O)(=O)N2CCCC(O)C2)cc1. The Morgan fingerprint density at radius 2 is 1.85 bits per heavy atom. The number of aliphatic hydroxyl groups is 1. The summed E-state index contributed by atoms with van der Waals surface area (Å²) in [5.41, 5.74) is 2.38. The Balaban J connectivity index is 1.69. The summed E-state index contributed by atoms with van der Waals surface area (Å²) < 4.78 is 32.7. The van der Waals surface area contributed by atoms with E-state index in [-0.39, 0.29) is 11.4 Å². The van der Waals surface area contributed by atoms with E-state index in [1.165, 1.54) is 9.87 Å². The van der Waals surface area contributed by atoms with Gasteiger partial charge in [-0.1, -0.05) is 38.1 Å². The zero-order valence-electron chi connectivity index (χ0n) is 15.8. The van der Waals surface area contributed by atoms with Crippen molar-refractivity contribution >= 4 is 10.0 Å². The van der Waals surface area contributed by atoms with Gasteiger partial charge in [0.25, 0.3) is 0 Å². The molecule has 0 spiro atoms. The first-order valence-corrected chi connectivity index (χ1v) is 10.8. The molecule has 2 aromatic rings. The molecule has 6 heteroatoms. The second kappa shape index (κ2) is 8.42. The van der Waals surface area contributed by atoms with Crippen LogP contribution < -0.4 is 4.74 Å². The van der Waals surface area contributed by atoms with Gasteiger partial charge in [0.1, 0.15) is 12.4 Å². The molecule has 0 aliphatic carbocycles. The molecule has 1 atom stereocenters. The number of β-amino-alcohol motifs (C(OH)–C–C–N with tert-alkyl or cyclic N) is 1. The molecule has 1 heterocycles. The number of rotatable bonds is 6. The highest BCUT2D eigenvalue weighted by atomic mass is 32.2. The highest BCUT2D eigenvalue weighted by Gasteiger charge is 2.29. The summed E-state index contributed by atoms with van der Waals surface area (Å²) in [6.45, 7) is 5.35. The minimum atomic E-state index is -3.58. The molecule has 0 bridgehead atoms. The first-order valence-electron chi connectivity index (χ1n) is 9.37. The van der Waals surface area contributed by atoms with Crippen LogP contribution in [0.25, 0.3) is 0 Å². The predicted molar refractivity (Wildman–Crippen MR) is 105 cm³/mol. The quantitative estimate of drug-likeness (QED) is 0.821. The Morgan fingerprint density at radius 1 is 1.15 bits per heavy atom. The molecule has 1 N–H and O–H groups in total. The Hall–Kier alpha value is -1.89. The normalized spacial score (nSPS) is 18.6. The number of benzene rings is 2. The molecule has 1 fully saturated rings. The van der Waals surface area contributed by atoms with Crippen molar-refractivity contribution in [3.63, 3.8) is 0 Å². The lowest BCUT2D eigenvalue weighted by atomic mass is 9.98. The average Bonchev–Trinajstić information content (AvgIpc) is 2.67. The molecular weight excluding hydrogens is 362 g/mol. The summed E-state index contributed by atoms with van der Waals surface area (Å²) >= 11 is 0. The van der Waals surface area contributed by atoms with Gasteiger partial charge < -0.3 is 9.84 Å². The van der Waals surface area contributed by atoms with Gasteiger partial charge in [-0.2, -0.15) is 4.31 Å². The lowest BCUT2D eigenvalue weighted by molar-refractivity contribution is 0.108. The molecule has 0 amide bonds. The van der Waals surface area contributed by atoms with E-state index in [1.807, 2.05) is 12.1 Å². The van der Waals surface area contributed by atoms with Crippen LogP contribution in [-0.4, -0.2) is 37.0 Å². The third kappa shape index (κ3) is 4.69. The average molecular weight is 390 g/mol. The molecule has 1 saturated heterocycles. The number of sulfonamides is 1. The highest BCUT2D eigenvalue weighted by molar-refractivity contribution is 7.89. The standard InChI is InChI=1S/C21H27NO4S/c1-16(2)21-8-4-3-6-17(21)15-26-19-9-11-20(12-10-19)27(24,25)22-13-5-7-18(23)14-22/h3-4,6,8-12,16,18,23H,5,7,13-15H2,1-2H3. The van der Waals surface area contributed by atoms with Gasteiger partial charge in [-0.25, -0.2) is 8.42 Å². The number of ether oxygens (including phenoxy) is 1. The van der Waals surface area contributed by atoms with Gasteiger partial charge in [0, 0.05) is 13.1 Å². The zero-order valence-corrected chi connectivity index (χ0v) is 16.7. The van der Waals surface area contributed by atoms with E-state index < -0.39 is 16.1 Å². The van der Waals surface area contributed by atoms with Crippen LogP contribution in [0, 0.1) is 0 Å². The summed E-state index contributed by atoms with van der Waals surface area (Å²) in [5.74, 6) is 1.04. The van der Waals surface area contributed by atoms with Crippen molar-refractivity contribution in [2.75, 3.05) is 13.1 Å². The number of hydrogen-bond acceptors (Lipinski definition) is 4. The van der Waals surface area contributed by atoms with Crippen LogP contribution in [0.3, 0.4) is 0 Å². The van der Waals surface area contributed by atoms with E-state index in [4.69, 9.17) is 4.74 Å². The zero-order chi connectivity index (χ0) is 19.4. The van der Waals surface area contributed by atoms with E-state index in [0.29, 0.717) is 37.7 Å². The highest BCUT2D eigenvalue weighted by Crippen LogP contribution is 2.24. The maximum absolute atomic E-state index is 12.7. The minimum Gasteiger partial charge on any atom is -0.489 e. The summed E-state index contributed by atoms with van der Waals surface area (Å²) in [6, 6.07) is 14.7. The lowest BCUT2D eigenvalue weighted by Gasteiger charge is -2.29. The molecule has 0 radical (unpaired) electrons. The smallest absolute Gasteiger partial charge is 0.243 e. The molecule has 1 unspecified atom stereocenters.